The molecule has 2 aliphatic heterocycles. The number of nitrogens with zero attached hydrogens (tertiary/aromatic N) is 1. The molecule has 0 N–H and O–H groups in total. The van der Waals surface area contributed by atoms with Gasteiger partial charge in [0.05, 0.1) is 12.8 Å². The summed E-state index contributed by atoms with van der Waals surface area (Å²) in [7, 11) is 1.64. The van der Waals surface area contributed by atoms with E-state index >= 15 is 0 Å². The van der Waals surface area contributed by atoms with Gasteiger partial charge in [0.15, 0.2) is 5.78 Å². The summed E-state index contributed by atoms with van der Waals surface area (Å²) in [5.41, 5.74) is 5.05. The predicted molar refractivity (Wildman–Crippen MR) is 111 cm³/mol. The lowest BCUT2D eigenvalue weighted by Gasteiger charge is -2.41. The maximum Gasteiger partial charge on any atom is 0.263 e. The summed E-state index contributed by atoms with van der Waals surface area (Å²) in [6, 6.07) is 15.6. The molecule has 0 unspecified atom stereocenters. The second-order valence-corrected chi connectivity index (χ2v) is 8.79. The van der Waals surface area contributed by atoms with E-state index in [4.69, 9.17) is 4.74 Å². The normalized spacial score (nSPS) is 22.1. The maximum absolute atomic E-state index is 13.3. The maximum atomic E-state index is 13.3. The Morgan fingerprint density at radius 2 is 1.66 bits per heavy atom. The fraction of sp³-hybridized carbons (Fsp3) is 0.280. The summed E-state index contributed by atoms with van der Waals surface area (Å²) in [5, 5.41) is 0. The summed E-state index contributed by atoms with van der Waals surface area (Å²) < 4.78 is 5.29. The molecule has 2 heterocycles. The molecule has 2 aromatic carbocycles. The molecule has 1 amide bonds. The Kier molecular flexibility index (Phi) is 3.82. The lowest BCUT2D eigenvalue weighted by Crippen LogP contribution is -2.38. The third kappa shape index (κ3) is 2.66. The highest BCUT2D eigenvalue weighted by molar-refractivity contribution is 6.13. The molecule has 0 saturated carbocycles. The van der Waals surface area contributed by atoms with Crippen molar-refractivity contribution >= 4 is 17.4 Å². The van der Waals surface area contributed by atoms with Crippen molar-refractivity contribution in [2.75, 3.05) is 7.11 Å². The van der Waals surface area contributed by atoms with E-state index in [2.05, 4.69) is 19.9 Å². The van der Waals surface area contributed by atoms with Crippen LogP contribution in [0, 0.1) is 5.41 Å². The Balaban J connectivity index is 1.73. The Morgan fingerprint density at radius 3 is 2.34 bits per heavy atom. The summed E-state index contributed by atoms with van der Waals surface area (Å²) in [6.07, 6.45) is 3.29. The molecule has 146 valence electrons. The highest BCUT2D eigenvalue weighted by atomic mass is 16.5. The van der Waals surface area contributed by atoms with Crippen LogP contribution in [0.3, 0.4) is 0 Å². The Morgan fingerprint density at radius 1 is 0.966 bits per heavy atom. The number of amides is 1. The molecular formula is C25H23NO3. The molecule has 4 nitrogen and oxygen atoms in total. The van der Waals surface area contributed by atoms with E-state index in [1.165, 1.54) is 0 Å². The number of methoxy groups -OCH3 is 1. The predicted octanol–water partition coefficient (Wildman–Crippen LogP) is 4.93. The molecule has 2 aromatic rings. The number of allylic oxidation sites excluding steroid dienone is 3. The van der Waals surface area contributed by atoms with Crippen molar-refractivity contribution < 1.29 is 14.3 Å². The number of fused-ring (bicyclic) bond motifs is 4. The molecular weight excluding hydrogens is 362 g/mol. The van der Waals surface area contributed by atoms with Gasteiger partial charge in [0.1, 0.15) is 5.75 Å². The summed E-state index contributed by atoms with van der Waals surface area (Å²) in [6.45, 7) is 4.20. The minimum Gasteiger partial charge on any atom is -0.497 e. The molecule has 0 aromatic heterocycles. The average Bonchev–Trinajstić information content (AvgIpc) is 2.99. The van der Waals surface area contributed by atoms with E-state index in [1.54, 1.807) is 12.0 Å². The van der Waals surface area contributed by atoms with Crippen LogP contribution in [0.15, 0.2) is 65.9 Å². The van der Waals surface area contributed by atoms with Gasteiger partial charge in [-0.25, -0.2) is 0 Å². The summed E-state index contributed by atoms with van der Waals surface area (Å²) in [4.78, 5) is 28.3. The van der Waals surface area contributed by atoms with E-state index in [1.807, 2.05) is 48.5 Å². The van der Waals surface area contributed by atoms with Crippen molar-refractivity contribution in [2.45, 2.75) is 32.6 Å². The molecule has 3 aliphatic rings. The lowest BCUT2D eigenvalue weighted by atomic mass is 9.70. The van der Waals surface area contributed by atoms with E-state index in [0.717, 1.165) is 33.8 Å². The first kappa shape index (κ1) is 17.9. The van der Waals surface area contributed by atoms with E-state index < -0.39 is 0 Å². The van der Waals surface area contributed by atoms with Gasteiger partial charge in [-0.3, -0.25) is 14.5 Å². The topological polar surface area (TPSA) is 46.6 Å². The van der Waals surface area contributed by atoms with Crippen LogP contribution in [-0.2, 0) is 4.79 Å². The highest BCUT2D eigenvalue weighted by Crippen LogP contribution is 2.51. The number of carbonyl (C=O) groups excluding carboxylic acids is 2. The van der Waals surface area contributed by atoms with Crippen LogP contribution >= 0.6 is 0 Å². The minimum atomic E-state index is -0.169. The van der Waals surface area contributed by atoms with Crippen LogP contribution in [0.25, 0.3) is 5.70 Å². The van der Waals surface area contributed by atoms with Crippen LogP contribution in [0.2, 0.25) is 0 Å². The van der Waals surface area contributed by atoms with Gasteiger partial charge in [-0.1, -0.05) is 44.2 Å². The zero-order valence-electron chi connectivity index (χ0n) is 16.9. The molecule has 1 atom stereocenters. The van der Waals surface area contributed by atoms with Crippen LogP contribution in [-0.4, -0.2) is 23.7 Å². The third-order valence-electron chi connectivity index (χ3n) is 6.15. The van der Waals surface area contributed by atoms with E-state index in [0.29, 0.717) is 18.4 Å². The van der Waals surface area contributed by atoms with Gasteiger partial charge >= 0.3 is 0 Å². The van der Waals surface area contributed by atoms with Crippen molar-refractivity contribution in [3.63, 3.8) is 0 Å². The van der Waals surface area contributed by atoms with Crippen molar-refractivity contribution in [3.8, 4) is 5.75 Å². The molecule has 0 spiro atoms. The van der Waals surface area contributed by atoms with Crippen LogP contribution in [0.1, 0.15) is 54.1 Å². The van der Waals surface area contributed by atoms with Gasteiger partial charge in [-0.05, 0) is 41.7 Å². The van der Waals surface area contributed by atoms with Gasteiger partial charge in [0.25, 0.3) is 5.91 Å². The first-order valence-electron chi connectivity index (χ1n) is 9.95. The van der Waals surface area contributed by atoms with Gasteiger partial charge in [0.2, 0.25) is 0 Å². The monoisotopic (exact) mass is 385 g/mol. The first-order chi connectivity index (χ1) is 13.9. The quantitative estimate of drug-likeness (QED) is 0.736. The number of hydrogen-bond donors (Lipinski definition) is 0. The number of rotatable bonds is 2. The minimum absolute atomic E-state index is 0.0296. The van der Waals surface area contributed by atoms with Gasteiger partial charge < -0.3 is 4.74 Å². The fourth-order valence-electron chi connectivity index (χ4n) is 4.85. The van der Waals surface area contributed by atoms with Crippen LogP contribution in [0.4, 0.5) is 0 Å². The zero-order valence-corrected chi connectivity index (χ0v) is 16.9. The van der Waals surface area contributed by atoms with Crippen LogP contribution < -0.4 is 4.74 Å². The molecule has 0 fully saturated rings. The lowest BCUT2D eigenvalue weighted by molar-refractivity contribution is -0.118. The SMILES string of the molecule is COc1ccc([C@H]2C=C3c4ccccc4C(=O)N3C3=C2C(=O)CC(C)(C)C3)cc1. The standard InChI is InChI=1S/C25H23NO3/c1-25(2)13-21-23(22(27)14-25)19(15-8-10-16(29-3)11-9-15)12-20-17-6-4-5-7-18(17)24(28)26(20)21/h4-12,19H,13-14H2,1-3H3/t19-/m1/s1. The number of carbonyl (C=O) groups is 2. The molecule has 29 heavy (non-hydrogen) atoms. The summed E-state index contributed by atoms with van der Waals surface area (Å²) >= 11 is 0. The Hall–Kier alpha value is -3.14. The zero-order chi connectivity index (χ0) is 20.3. The average molecular weight is 385 g/mol. The first-order valence-corrected chi connectivity index (χ1v) is 9.95. The van der Waals surface area contributed by atoms with Gasteiger partial charge in [-0.15, -0.1) is 0 Å². The highest BCUT2D eigenvalue weighted by Gasteiger charge is 2.46. The number of Topliss-reactive ketones (excluding diaryl/α,β-unsaturated/α-hetero) is 1. The third-order valence-corrected chi connectivity index (χ3v) is 6.15. The van der Waals surface area contributed by atoms with E-state index in [9.17, 15) is 9.59 Å². The Bertz CT molecular complexity index is 1110. The van der Waals surface area contributed by atoms with E-state index in [-0.39, 0.29) is 23.0 Å². The van der Waals surface area contributed by atoms with Crippen molar-refractivity contribution in [3.05, 3.63) is 82.6 Å². The van der Waals surface area contributed by atoms with Gasteiger partial charge in [0, 0.05) is 34.7 Å². The molecule has 4 heteroatoms. The summed E-state index contributed by atoms with van der Waals surface area (Å²) in [5.74, 6) is 0.726. The largest absolute Gasteiger partial charge is 0.497 e. The van der Waals surface area contributed by atoms with Crippen molar-refractivity contribution in [1.82, 2.24) is 4.90 Å². The van der Waals surface area contributed by atoms with Gasteiger partial charge in [-0.2, -0.15) is 0 Å². The molecule has 5 rings (SSSR count). The van der Waals surface area contributed by atoms with Crippen molar-refractivity contribution in [2.24, 2.45) is 5.41 Å². The van der Waals surface area contributed by atoms with Crippen molar-refractivity contribution in [1.29, 1.82) is 0 Å². The number of benzene rings is 2. The fourth-order valence-corrected chi connectivity index (χ4v) is 4.85. The molecule has 0 radical (unpaired) electrons. The smallest absolute Gasteiger partial charge is 0.263 e. The number of hydrogen-bond acceptors (Lipinski definition) is 3. The second-order valence-electron chi connectivity index (χ2n) is 8.79. The number of ether oxygens (including phenoxy) is 1. The second kappa shape index (κ2) is 6.18. The molecule has 0 bridgehead atoms. The Labute approximate surface area is 170 Å². The number of ketones is 1. The van der Waals surface area contributed by atoms with Crippen LogP contribution in [0.5, 0.6) is 5.75 Å². The molecule has 0 saturated heterocycles. The molecule has 1 aliphatic carbocycles.